The van der Waals surface area contributed by atoms with Gasteiger partial charge < -0.3 is 10.2 Å². The number of amides is 1. The first-order valence-corrected chi connectivity index (χ1v) is 11.5. The lowest BCUT2D eigenvalue weighted by Crippen LogP contribution is -2.33. The van der Waals surface area contributed by atoms with Crippen molar-refractivity contribution in [2.24, 2.45) is 0 Å². The highest BCUT2D eigenvalue weighted by molar-refractivity contribution is 7.89. The Balaban J connectivity index is 1.77. The van der Waals surface area contributed by atoms with Gasteiger partial charge in [-0.15, -0.1) is 0 Å². The molecule has 7 heteroatoms. The number of carbonyl (C=O) groups is 1. The van der Waals surface area contributed by atoms with Gasteiger partial charge in [-0.2, -0.15) is 4.31 Å². The third kappa shape index (κ3) is 4.79. The highest BCUT2D eigenvalue weighted by Crippen LogP contribution is 2.28. The van der Waals surface area contributed by atoms with Gasteiger partial charge in [-0.05, 0) is 69.5 Å². The third-order valence-electron chi connectivity index (χ3n) is 5.37. The predicted molar refractivity (Wildman–Crippen MR) is 117 cm³/mol. The van der Waals surface area contributed by atoms with E-state index in [1.54, 1.807) is 19.2 Å². The molecule has 3 rings (SSSR count). The van der Waals surface area contributed by atoms with E-state index in [2.05, 4.69) is 10.2 Å². The van der Waals surface area contributed by atoms with E-state index in [0.717, 1.165) is 37.3 Å². The van der Waals surface area contributed by atoms with E-state index in [-0.39, 0.29) is 16.8 Å². The van der Waals surface area contributed by atoms with Crippen LogP contribution in [-0.2, 0) is 10.0 Å². The fourth-order valence-electron chi connectivity index (χ4n) is 3.41. The molecule has 0 radical (unpaired) electrons. The van der Waals surface area contributed by atoms with Gasteiger partial charge in [0.05, 0.1) is 16.3 Å². The summed E-state index contributed by atoms with van der Waals surface area (Å²) in [5.41, 5.74) is 2.22. The number of piperidine rings is 1. The first-order valence-electron chi connectivity index (χ1n) is 10.0. The van der Waals surface area contributed by atoms with Crippen LogP contribution >= 0.6 is 0 Å². The average Bonchev–Trinajstić information content (AvgIpc) is 2.74. The molecule has 2 aromatic rings. The van der Waals surface area contributed by atoms with Crippen LogP contribution in [0.3, 0.4) is 0 Å². The summed E-state index contributed by atoms with van der Waals surface area (Å²) in [6.07, 6.45) is 3.55. The summed E-state index contributed by atoms with van der Waals surface area (Å²) in [7, 11) is -2.01. The smallest absolute Gasteiger partial charge is 0.255 e. The predicted octanol–water partition coefficient (Wildman–Crippen LogP) is 3.96. The van der Waals surface area contributed by atoms with E-state index in [0.29, 0.717) is 5.56 Å². The van der Waals surface area contributed by atoms with Gasteiger partial charge in [-0.3, -0.25) is 4.79 Å². The summed E-state index contributed by atoms with van der Waals surface area (Å²) in [5.74, 6) is -0.254. The third-order valence-corrected chi connectivity index (χ3v) is 7.42. The number of nitrogens with one attached hydrogen (secondary N) is 1. The Morgan fingerprint density at radius 3 is 2.24 bits per heavy atom. The van der Waals surface area contributed by atoms with Crippen molar-refractivity contribution >= 4 is 27.3 Å². The number of benzene rings is 2. The maximum absolute atomic E-state index is 12.8. The first kappa shape index (κ1) is 21.3. The highest BCUT2D eigenvalue weighted by atomic mass is 32.2. The van der Waals surface area contributed by atoms with Crippen molar-refractivity contribution in [3.8, 4) is 0 Å². The zero-order valence-electron chi connectivity index (χ0n) is 17.3. The Labute approximate surface area is 173 Å². The molecule has 0 atom stereocenters. The monoisotopic (exact) mass is 415 g/mol. The molecule has 1 N–H and O–H groups in total. The van der Waals surface area contributed by atoms with E-state index in [4.69, 9.17) is 0 Å². The lowest BCUT2D eigenvalue weighted by Gasteiger charge is -2.30. The summed E-state index contributed by atoms with van der Waals surface area (Å²) < 4.78 is 26.5. The van der Waals surface area contributed by atoms with Crippen molar-refractivity contribution in [3.63, 3.8) is 0 Å². The first-order chi connectivity index (χ1) is 13.8. The normalized spacial score (nSPS) is 15.0. The van der Waals surface area contributed by atoms with Crippen molar-refractivity contribution < 1.29 is 13.2 Å². The number of para-hydroxylation sites is 2. The molecule has 0 aliphatic carbocycles. The van der Waals surface area contributed by atoms with Crippen LogP contribution in [0.4, 0.5) is 11.4 Å². The second kappa shape index (κ2) is 8.97. The molecule has 0 unspecified atom stereocenters. The quantitative estimate of drug-likeness (QED) is 0.775. The molecule has 0 bridgehead atoms. The van der Waals surface area contributed by atoms with E-state index in [1.165, 1.54) is 22.9 Å². The zero-order chi connectivity index (χ0) is 21.0. The van der Waals surface area contributed by atoms with Crippen LogP contribution in [-0.4, -0.2) is 44.8 Å². The molecule has 1 aliphatic rings. The molecule has 156 valence electrons. The van der Waals surface area contributed by atoms with Crippen molar-refractivity contribution in [1.82, 2.24) is 4.31 Å². The molecule has 29 heavy (non-hydrogen) atoms. The topological polar surface area (TPSA) is 69.7 Å². The van der Waals surface area contributed by atoms with Gasteiger partial charge in [0.15, 0.2) is 0 Å². The molecule has 2 aromatic carbocycles. The fraction of sp³-hybridized carbons (Fsp3) is 0.409. The number of hydrogen-bond acceptors (Lipinski definition) is 4. The Hall–Kier alpha value is -2.38. The lowest BCUT2D eigenvalue weighted by molar-refractivity contribution is 0.102. The molecule has 0 spiro atoms. The molecule has 6 nitrogen and oxygen atoms in total. The van der Waals surface area contributed by atoms with Crippen LogP contribution in [0, 0.1) is 0 Å². The molecule has 1 saturated heterocycles. The summed E-state index contributed by atoms with van der Waals surface area (Å²) in [6.45, 7) is 5.61. The van der Waals surface area contributed by atoms with Gasteiger partial charge in [-0.25, -0.2) is 8.42 Å². The van der Waals surface area contributed by atoms with Crippen LogP contribution < -0.4 is 10.2 Å². The summed E-state index contributed by atoms with van der Waals surface area (Å²) in [4.78, 5) is 15.2. The molecular formula is C22H29N3O3S. The van der Waals surface area contributed by atoms with Crippen molar-refractivity contribution in [2.45, 2.75) is 44.0 Å². The van der Waals surface area contributed by atoms with Crippen LogP contribution in [0.5, 0.6) is 0 Å². The Bertz CT molecular complexity index is 950. The van der Waals surface area contributed by atoms with Gasteiger partial charge in [0.25, 0.3) is 5.91 Å². The van der Waals surface area contributed by atoms with Gasteiger partial charge in [0.1, 0.15) is 0 Å². The minimum Gasteiger partial charge on any atom is -0.370 e. The number of sulfonamides is 1. The van der Waals surface area contributed by atoms with E-state index < -0.39 is 10.0 Å². The highest BCUT2D eigenvalue weighted by Gasteiger charge is 2.23. The Kier molecular flexibility index (Phi) is 6.59. The maximum Gasteiger partial charge on any atom is 0.255 e. The van der Waals surface area contributed by atoms with Crippen molar-refractivity contribution in [1.29, 1.82) is 0 Å². The van der Waals surface area contributed by atoms with E-state index in [9.17, 15) is 13.2 Å². The van der Waals surface area contributed by atoms with E-state index >= 15 is 0 Å². The van der Waals surface area contributed by atoms with Crippen molar-refractivity contribution in [3.05, 3.63) is 54.1 Å². The standard InChI is InChI=1S/C22H29N3O3S/c1-17(2)24(3)29(27,28)19-13-11-18(12-14-19)22(26)23-20-9-5-6-10-21(20)25-15-7-4-8-16-25/h5-6,9-14,17H,4,7-8,15-16H2,1-3H3,(H,23,26). The second-order valence-electron chi connectivity index (χ2n) is 7.66. The number of nitrogens with zero attached hydrogens (tertiary/aromatic N) is 2. The number of hydrogen-bond donors (Lipinski definition) is 1. The largest absolute Gasteiger partial charge is 0.370 e. The molecule has 0 saturated carbocycles. The molecule has 1 aliphatic heterocycles. The zero-order valence-corrected chi connectivity index (χ0v) is 18.1. The van der Waals surface area contributed by atoms with Gasteiger partial charge >= 0.3 is 0 Å². The molecular weight excluding hydrogens is 386 g/mol. The van der Waals surface area contributed by atoms with Crippen molar-refractivity contribution in [2.75, 3.05) is 30.4 Å². The van der Waals surface area contributed by atoms with Crippen LogP contribution in [0.25, 0.3) is 0 Å². The van der Waals surface area contributed by atoms with Crippen LogP contribution in [0.2, 0.25) is 0 Å². The minimum atomic E-state index is -3.57. The summed E-state index contributed by atoms with van der Waals surface area (Å²) in [5, 5.41) is 2.98. The SMILES string of the molecule is CC(C)N(C)S(=O)(=O)c1ccc(C(=O)Nc2ccccc2N2CCCCC2)cc1. The number of rotatable bonds is 6. The maximum atomic E-state index is 12.8. The van der Waals surface area contributed by atoms with Gasteiger partial charge in [0.2, 0.25) is 10.0 Å². The number of anilines is 2. The molecule has 1 fully saturated rings. The van der Waals surface area contributed by atoms with Crippen LogP contribution in [0.1, 0.15) is 43.5 Å². The average molecular weight is 416 g/mol. The van der Waals surface area contributed by atoms with Gasteiger partial charge in [-0.1, -0.05) is 12.1 Å². The lowest BCUT2D eigenvalue weighted by atomic mass is 10.1. The van der Waals surface area contributed by atoms with E-state index in [1.807, 2.05) is 38.1 Å². The molecule has 0 aromatic heterocycles. The summed E-state index contributed by atoms with van der Waals surface area (Å²) >= 11 is 0. The Morgan fingerprint density at radius 1 is 1.00 bits per heavy atom. The second-order valence-corrected chi connectivity index (χ2v) is 9.66. The fourth-order valence-corrected chi connectivity index (χ4v) is 4.77. The van der Waals surface area contributed by atoms with Crippen LogP contribution in [0.15, 0.2) is 53.4 Å². The Morgan fingerprint density at radius 2 is 1.62 bits per heavy atom. The molecule has 1 amide bonds. The van der Waals surface area contributed by atoms with Gasteiger partial charge in [0, 0.05) is 31.7 Å². The minimum absolute atomic E-state index is 0.144. The molecule has 1 heterocycles. The number of carbonyl (C=O) groups excluding carboxylic acids is 1. The summed E-state index contributed by atoms with van der Waals surface area (Å²) in [6, 6.07) is 13.7.